The number of aryl methyl sites for hydroxylation is 1. The maximum Gasteiger partial charge on any atom is 0.149 e. The molecule has 84 valence electrons. The van der Waals surface area contributed by atoms with Crippen LogP contribution in [-0.4, -0.2) is 16.9 Å². The van der Waals surface area contributed by atoms with Gasteiger partial charge in [-0.2, -0.15) is 5.10 Å². The van der Waals surface area contributed by atoms with Crippen LogP contribution in [0.15, 0.2) is 24.4 Å². The molecule has 4 nitrogen and oxygen atoms in total. The molecule has 1 aromatic heterocycles. The number of rotatable bonds is 2. The van der Waals surface area contributed by atoms with Crippen molar-refractivity contribution in [2.45, 2.75) is 6.92 Å². The Kier molecular flexibility index (Phi) is 2.52. The van der Waals surface area contributed by atoms with Gasteiger partial charge in [0.2, 0.25) is 0 Å². The quantitative estimate of drug-likeness (QED) is 0.842. The summed E-state index contributed by atoms with van der Waals surface area (Å²) >= 11 is 0. The molecule has 2 aromatic rings. The van der Waals surface area contributed by atoms with Crippen LogP contribution in [0.2, 0.25) is 0 Å². The molecule has 0 aliphatic heterocycles. The molecule has 0 atom stereocenters. The molecule has 0 aliphatic rings. The van der Waals surface area contributed by atoms with Crippen LogP contribution < -0.4 is 10.5 Å². The first kappa shape index (κ1) is 10.5. The van der Waals surface area contributed by atoms with Gasteiger partial charge >= 0.3 is 0 Å². The predicted octanol–water partition coefficient (Wildman–Crippen LogP) is 1.91. The lowest BCUT2D eigenvalue weighted by Gasteiger charge is -2.05. The summed E-state index contributed by atoms with van der Waals surface area (Å²) in [6.07, 6.45) is 1.67. The highest BCUT2D eigenvalue weighted by molar-refractivity contribution is 5.44. The fourth-order valence-corrected chi connectivity index (χ4v) is 1.39. The minimum Gasteiger partial charge on any atom is -0.497 e. The number of benzene rings is 1. The Labute approximate surface area is 92.4 Å². The van der Waals surface area contributed by atoms with E-state index in [1.807, 2.05) is 6.92 Å². The molecule has 2 N–H and O–H groups in total. The number of nitrogens with two attached hydrogens (primary N) is 1. The molecule has 0 spiro atoms. The summed E-state index contributed by atoms with van der Waals surface area (Å²) in [5, 5.41) is 4.02. The Bertz CT molecular complexity index is 502. The molecular weight excluding hydrogens is 209 g/mol. The van der Waals surface area contributed by atoms with Crippen LogP contribution in [0.4, 0.5) is 10.2 Å². The van der Waals surface area contributed by atoms with Crippen molar-refractivity contribution in [2.24, 2.45) is 0 Å². The molecular formula is C11H12FN3O. The van der Waals surface area contributed by atoms with Crippen LogP contribution in [0.3, 0.4) is 0 Å². The molecule has 16 heavy (non-hydrogen) atoms. The predicted molar refractivity (Wildman–Crippen MR) is 59.2 cm³/mol. The second-order valence-corrected chi connectivity index (χ2v) is 3.46. The number of hydrogen-bond acceptors (Lipinski definition) is 3. The summed E-state index contributed by atoms with van der Waals surface area (Å²) in [5.41, 5.74) is 6.74. The van der Waals surface area contributed by atoms with Crippen molar-refractivity contribution < 1.29 is 9.13 Å². The molecule has 0 saturated heterocycles. The number of methoxy groups -OCH3 is 1. The Morgan fingerprint density at radius 1 is 1.44 bits per heavy atom. The van der Waals surface area contributed by atoms with E-state index in [9.17, 15) is 4.39 Å². The third-order valence-electron chi connectivity index (χ3n) is 2.34. The Balaban J connectivity index is 2.54. The molecule has 0 amide bonds. The number of nitrogens with zero attached hydrogens (tertiary/aromatic N) is 2. The topological polar surface area (TPSA) is 53.1 Å². The summed E-state index contributed by atoms with van der Waals surface area (Å²) in [5.74, 6) is 0.591. The standard InChI is InChI=1S/C11H12FN3O/c1-7-6-15(14-11(7)13)10-5-8(16-2)3-4-9(10)12/h3-6H,1-2H3,(H2,13,14). The number of hydrogen-bond donors (Lipinski definition) is 1. The van der Waals surface area contributed by atoms with Crippen LogP contribution >= 0.6 is 0 Å². The van der Waals surface area contributed by atoms with Gasteiger partial charge in [-0.3, -0.25) is 0 Å². The largest absolute Gasteiger partial charge is 0.497 e. The average molecular weight is 221 g/mol. The van der Waals surface area contributed by atoms with Gasteiger partial charge in [0.05, 0.1) is 7.11 Å². The normalized spacial score (nSPS) is 10.4. The first-order valence-electron chi connectivity index (χ1n) is 4.77. The lowest BCUT2D eigenvalue weighted by Crippen LogP contribution is -2.00. The number of ether oxygens (including phenoxy) is 1. The van der Waals surface area contributed by atoms with E-state index >= 15 is 0 Å². The summed E-state index contributed by atoms with van der Waals surface area (Å²) in [4.78, 5) is 0. The molecule has 0 unspecified atom stereocenters. The summed E-state index contributed by atoms with van der Waals surface area (Å²) < 4.78 is 20.0. The van der Waals surface area contributed by atoms with Crippen LogP contribution in [0.5, 0.6) is 5.75 Å². The Morgan fingerprint density at radius 2 is 2.19 bits per heavy atom. The van der Waals surface area contributed by atoms with Gasteiger partial charge in [0.15, 0.2) is 0 Å². The van der Waals surface area contributed by atoms with Crippen LogP contribution in [-0.2, 0) is 0 Å². The third-order valence-corrected chi connectivity index (χ3v) is 2.34. The molecule has 0 saturated carbocycles. The van der Waals surface area contributed by atoms with Gasteiger partial charge < -0.3 is 10.5 Å². The van der Waals surface area contributed by atoms with Crippen molar-refractivity contribution in [3.63, 3.8) is 0 Å². The van der Waals surface area contributed by atoms with Crippen molar-refractivity contribution in [1.29, 1.82) is 0 Å². The zero-order valence-corrected chi connectivity index (χ0v) is 9.07. The first-order chi connectivity index (χ1) is 7.61. The summed E-state index contributed by atoms with van der Waals surface area (Å²) in [7, 11) is 1.53. The highest BCUT2D eigenvalue weighted by Crippen LogP contribution is 2.21. The smallest absolute Gasteiger partial charge is 0.149 e. The highest BCUT2D eigenvalue weighted by Gasteiger charge is 2.09. The second-order valence-electron chi connectivity index (χ2n) is 3.46. The Hall–Kier alpha value is -2.04. The monoisotopic (exact) mass is 221 g/mol. The highest BCUT2D eigenvalue weighted by atomic mass is 19.1. The molecule has 1 aromatic carbocycles. The second kappa shape index (κ2) is 3.84. The van der Waals surface area contributed by atoms with Gasteiger partial charge in [-0.25, -0.2) is 9.07 Å². The SMILES string of the molecule is COc1ccc(F)c(-n2cc(C)c(N)n2)c1. The van der Waals surface area contributed by atoms with Crippen molar-refractivity contribution in [1.82, 2.24) is 9.78 Å². The van der Waals surface area contributed by atoms with Gasteiger partial charge in [0, 0.05) is 17.8 Å². The molecule has 1 heterocycles. The molecule has 0 fully saturated rings. The maximum absolute atomic E-state index is 13.6. The fraction of sp³-hybridized carbons (Fsp3) is 0.182. The van der Waals surface area contributed by atoms with E-state index < -0.39 is 0 Å². The van der Waals surface area contributed by atoms with E-state index in [1.165, 1.54) is 17.9 Å². The molecule has 2 rings (SSSR count). The molecule has 5 heteroatoms. The molecule has 0 bridgehead atoms. The van der Waals surface area contributed by atoms with Gasteiger partial charge in [-0.1, -0.05) is 0 Å². The number of nitrogen functional groups attached to an aromatic ring is 1. The van der Waals surface area contributed by atoms with E-state index in [0.717, 1.165) is 5.56 Å². The molecule has 0 radical (unpaired) electrons. The number of aromatic nitrogens is 2. The van der Waals surface area contributed by atoms with Gasteiger partial charge in [0.1, 0.15) is 23.1 Å². The minimum atomic E-state index is -0.372. The lowest BCUT2D eigenvalue weighted by atomic mass is 10.3. The van der Waals surface area contributed by atoms with Gasteiger partial charge in [-0.05, 0) is 19.1 Å². The van der Waals surface area contributed by atoms with Crippen molar-refractivity contribution in [2.75, 3.05) is 12.8 Å². The van der Waals surface area contributed by atoms with Crippen LogP contribution in [0, 0.1) is 12.7 Å². The van der Waals surface area contributed by atoms with Crippen LogP contribution in [0.25, 0.3) is 5.69 Å². The number of anilines is 1. The molecule has 0 aliphatic carbocycles. The third kappa shape index (κ3) is 1.71. The maximum atomic E-state index is 13.6. The zero-order valence-electron chi connectivity index (χ0n) is 9.07. The van der Waals surface area contributed by atoms with E-state index in [0.29, 0.717) is 17.3 Å². The summed E-state index contributed by atoms with van der Waals surface area (Å²) in [6, 6.07) is 4.46. The van der Waals surface area contributed by atoms with Crippen molar-refractivity contribution >= 4 is 5.82 Å². The van der Waals surface area contributed by atoms with E-state index in [1.54, 1.807) is 18.3 Å². The number of halogens is 1. The fourth-order valence-electron chi connectivity index (χ4n) is 1.39. The zero-order chi connectivity index (χ0) is 11.7. The lowest BCUT2D eigenvalue weighted by molar-refractivity contribution is 0.413. The summed E-state index contributed by atoms with van der Waals surface area (Å²) in [6.45, 7) is 1.82. The first-order valence-corrected chi connectivity index (χ1v) is 4.77. The average Bonchev–Trinajstić information content (AvgIpc) is 2.60. The van der Waals surface area contributed by atoms with Crippen LogP contribution in [0.1, 0.15) is 5.56 Å². The van der Waals surface area contributed by atoms with Gasteiger partial charge in [0.25, 0.3) is 0 Å². The van der Waals surface area contributed by atoms with E-state index in [-0.39, 0.29) is 5.82 Å². The Morgan fingerprint density at radius 3 is 2.75 bits per heavy atom. The van der Waals surface area contributed by atoms with Crippen molar-refractivity contribution in [3.8, 4) is 11.4 Å². The van der Waals surface area contributed by atoms with Crippen molar-refractivity contribution in [3.05, 3.63) is 35.8 Å². The van der Waals surface area contributed by atoms with Gasteiger partial charge in [-0.15, -0.1) is 0 Å². The minimum absolute atomic E-state index is 0.319. The van der Waals surface area contributed by atoms with E-state index in [4.69, 9.17) is 10.5 Å². The van der Waals surface area contributed by atoms with E-state index in [2.05, 4.69) is 5.10 Å².